The van der Waals surface area contributed by atoms with Crippen molar-refractivity contribution in [3.63, 3.8) is 0 Å². The zero-order valence-corrected chi connectivity index (χ0v) is 9.51. The lowest BCUT2D eigenvalue weighted by Crippen LogP contribution is -2.20. The van der Waals surface area contributed by atoms with Crippen molar-refractivity contribution in [1.82, 2.24) is 0 Å². The maximum atomic E-state index is 10.7. The van der Waals surface area contributed by atoms with Gasteiger partial charge < -0.3 is 15.6 Å². The highest BCUT2D eigenvalue weighted by molar-refractivity contribution is 5.75. The summed E-state index contributed by atoms with van der Waals surface area (Å²) in [4.78, 5) is 10.7. The van der Waals surface area contributed by atoms with E-state index in [1.54, 1.807) is 19.2 Å². The number of carbonyl (C=O) groups is 1. The van der Waals surface area contributed by atoms with Crippen LogP contribution in [0.2, 0.25) is 0 Å². The summed E-state index contributed by atoms with van der Waals surface area (Å²) in [5.74, 6) is -1.02. The number of rotatable bonds is 5. The van der Waals surface area contributed by atoms with Crippen LogP contribution in [0.15, 0.2) is 24.3 Å². The number of ether oxygens (including phenoxy) is 1. The van der Waals surface area contributed by atoms with E-state index in [0.717, 1.165) is 12.0 Å². The molecule has 3 N–H and O–H groups in total. The van der Waals surface area contributed by atoms with Gasteiger partial charge in [-0.2, -0.15) is 0 Å². The fraction of sp³-hybridized carbons (Fsp3) is 0.417. The summed E-state index contributed by atoms with van der Waals surface area (Å²) >= 11 is 0. The highest BCUT2D eigenvalue weighted by atomic mass is 16.5. The van der Waals surface area contributed by atoms with E-state index >= 15 is 0 Å². The van der Waals surface area contributed by atoms with E-state index in [9.17, 15) is 4.79 Å². The van der Waals surface area contributed by atoms with Gasteiger partial charge in [-0.05, 0) is 24.5 Å². The maximum Gasteiger partial charge on any atom is 0.325 e. The molecular formula is C12H17NO3. The molecule has 0 saturated heterocycles. The SMILES string of the molecule is COC(C)Cc1ccc(C(N)C(=O)O)cc1. The second-order valence-corrected chi connectivity index (χ2v) is 3.81. The van der Waals surface area contributed by atoms with Crippen LogP contribution in [0.3, 0.4) is 0 Å². The van der Waals surface area contributed by atoms with Gasteiger partial charge in [-0.3, -0.25) is 4.79 Å². The van der Waals surface area contributed by atoms with Crippen LogP contribution in [0.25, 0.3) is 0 Å². The Morgan fingerprint density at radius 3 is 2.44 bits per heavy atom. The third-order valence-corrected chi connectivity index (χ3v) is 2.53. The molecule has 4 heteroatoms. The van der Waals surface area contributed by atoms with E-state index in [0.29, 0.717) is 5.56 Å². The molecule has 2 atom stereocenters. The first kappa shape index (κ1) is 12.7. The van der Waals surface area contributed by atoms with Crippen LogP contribution in [0.5, 0.6) is 0 Å². The maximum absolute atomic E-state index is 10.7. The Kier molecular flexibility index (Phi) is 4.46. The molecule has 88 valence electrons. The van der Waals surface area contributed by atoms with Crippen LogP contribution in [-0.4, -0.2) is 24.3 Å². The highest BCUT2D eigenvalue weighted by Gasteiger charge is 2.13. The molecule has 16 heavy (non-hydrogen) atoms. The lowest BCUT2D eigenvalue weighted by molar-refractivity contribution is -0.138. The normalized spacial score (nSPS) is 14.4. The largest absolute Gasteiger partial charge is 0.480 e. The average Bonchev–Trinajstić information content (AvgIpc) is 2.28. The van der Waals surface area contributed by atoms with Gasteiger partial charge in [0.2, 0.25) is 0 Å². The number of aliphatic carboxylic acids is 1. The molecule has 0 heterocycles. The van der Waals surface area contributed by atoms with Crippen molar-refractivity contribution in [2.45, 2.75) is 25.5 Å². The number of benzene rings is 1. The molecule has 0 spiro atoms. The highest BCUT2D eigenvalue weighted by Crippen LogP contribution is 2.13. The molecule has 0 saturated carbocycles. The van der Waals surface area contributed by atoms with Crippen LogP contribution in [0.1, 0.15) is 24.1 Å². The average molecular weight is 223 g/mol. The monoisotopic (exact) mass is 223 g/mol. The molecule has 0 radical (unpaired) electrons. The van der Waals surface area contributed by atoms with Crippen molar-refractivity contribution in [2.75, 3.05) is 7.11 Å². The number of hydrogen-bond acceptors (Lipinski definition) is 3. The molecule has 1 aromatic carbocycles. The van der Waals surface area contributed by atoms with Crippen LogP contribution in [0.4, 0.5) is 0 Å². The van der Waals surface area contributed by atoms with Gasteiger partial charge in [-0.15, -0.1) is 0 Å². The molecule has 0 aliphatic carbocycles. The molecule has 2 unspecified atom stereocenters. The minimum atomic E-state index is -1.02. The van der Waals surface area contributed by atoms with E-state index < -0.39 is 12.0 Å². The zero-order valence-electron chi connectivity index (χ0n) is 9.51. The topological polar surface area (TPSA) is 72.5 Å². The Morgan fingerprint density at radius 1 is 1.44 bits per heavy atom. The van der Waals surface area contributed by atoms with E-state index in [2.05, 4.69) is 0 Å². The number of nitrogens with two attached hydrogens (primary N) is 1. The van der Waals surface area contributed by atoms with Crippen molar-refractivity contribution in [3.05, 3.63) is 35.4 Å². The Bertz CT molecular complexity index is 348. The molecule has 1 rings (SSSR count). The molecule has 0 amide bonds. The van der Waals surface area contributed by atoms with Crippen LogP contribution >= 0.6 is 0 Å². The Balaban J connectivity index is 2.71. The fourth-order valence-corrected chi connectivity index (χ4v) is 1.42. The summed E-state index contributed by atoms with van der Waals surface area (Å²) in [6, 6.07) is 6.31. The molecular weight excluding hydrogens is 206 g/mol. The lowest BCUT2D eigenvalue weighted by Gasteiger charge is -2.11. The van der Waals surface area contributed by atoms with Crippen LogP contribution < -0.4 is 5.73 Å². The second kappa shape index (κ2) is 5.63. The number of carboxylic acid groups (broad SMARTS) is 1. The summed E-state index contributed by atoms with van der Waals surface area (Å²) in [7, 11) is 1.67. The van der Waals surface area contributed by atoms with E-state index in [1.807, 2.05) is 19.1 Å². The van der Waals surface area contributed by atoms with Crippen molar-refractivity contribution >= 4 is 5.97 Å². The third-order valence-electron chi connectivity index (χ3n) is 2.53. The van der Waals surface area contributed by atoms with E-state index in [1.165, 1.54) is 0 Å². The van der Waals surface area contributed by atoms with E-state index in [4.69, 9.17) is 15.6 Å². The Morgan fingerprint density at radius 2 is 2.00 bits per heavy atom. The lowest BCUT2D eigenvalue weighted by atomic mass is 10.0. The third kappa shape index (κ3) is 3.32. The molecule has 1 aromatic rings. The van der Waals surface area contributed by atoms with Crippen LogP contribution in [-0.2, 0) is 16.0 Å². The second-order valence-electron chi connectivity index (χ2n) is 3.81. The van der Waals surface area contributed by atoms with Crippen molar-refractivity contribution < 1.29 is 14.6 Å². The van der Waals surface area contributed by atoms with Gasteiger partial charge >= 0.3 is 5.97 Å². The number of methoxy groups -OCH3 is 1. The van der Waals surface area contributed by atoms with E-state index in [-0.39, 0.29) is 6.10 Å². The van der Waals surface area contributed by atoms with Crippen molar-refractivity contribution in [3.8, 4) is 0 Å². The quantitative estimate of drug-likeness (QED) is 0.790. The van der Waals surface area contributed by atoms with Gasteiger partial charge in [0.1, 0.15) is 6.04 Å². The first-order valence-electron chi connectivity index (χ1n) is 5.14. The summed E-state index contributed by atoms with van der Waals surface area (Å²) in [5, 5.41) is 8.74. The van der Waals surface area contributed by atoms with Gasteiger partial charge in [0, 0.05) is 7.11 Å². The van der Waals surface area contributed by atoms with Gasteiger partial charge in [0.15, 0.2) is 0 Å². The summed E-state index contributed by atoms with van der Waals surface area (Å²) in [5.41, 5.74) is 7.21. The Hall–Kier alpha value is -1.39. The predicted molar refractivity (Wildman–Crippen MR) is 61.2 cm³/mol. The van der Waals surface area contributed by atoms with Crippen molar-refractivity contribution in [2.24, 2.45) is 5.73 Å². The van der Waals surface area contributed by atoms with Gasteiger partial charge in [0.05, 0.1) is 6.10 Å². The molecule has 0 aliphatic rings. The molecule has 0 aromatic heterocycles. The summed E-state index contributed by atoms with van der Waals surface area (Å²) < 4.78 is 5.15. The number of hydrogen-bond donors (Lipinski definition) is 2. The van der Waals surface area contributed by atoms with Gasteiger partial charge in [-0.1, -0.05) is 24.3 Å². The Labute approximate surface area is 95.0 Å². The first-order valence-corrected chi connectivity index (χ1v) is 5.14. The summed E-state index contributed by atoms with van der Waals surface area (Å²) in [6.07, 6.45) is 0.957. The predicted octanol–water partition coefficient (Wildman–Crippen LogP) is 1.35. The van der Waals surface area contributed by atoms with Crippen molar-refractivity contribution in [1.29, 1.82) is 0 Å². The minimum Gasteiger partial charge on any atom is -0.480 e. The van der Waals surface area contributed by atoms with Gasteiger partial charge in [0.25, 0.3) is 0 Å². The number of carboxylic acids is 1. The minimum absolute atomic E-state index is 0.152. The molecule has 0 fully saturated rings. The fourth-order valence-electron chi connectivity index (χ4n) is 1.42. The van der Waals surface area contributed by atoms with Crippen LogP contribution in [0, 0.1) is 0 Å². The molecule has 0 bridgehead atoms. The molecule has 0 aliphatic heterocycles. The molecule has 4 nitrogen and oxygen atoms in total. The summed E-state index contributed by atoms with van der Waals surface area (Å²) in [6.45, 7) is 1.98. The smallest absolute Gasteiger partial charge is 0.325 e. The standard InChI is InChI=1S/C12H17NO3/c1-8(16-2)7-9-3-5-10(6-4-9)11(13)12(14)15/h3-6,8,11H,7,13H2,1-2H3,(H,14,15). The zero-order chi connectivity index (χ0) is 12.1. The first-order chi connectivity index (χ1) is 7.54. The van der Waals surface area contributed by atoms with Gasteiger partial charge in [-0.25, -0.2) is 0 Å².